The normalized spacial score (nSPS) is 10.9. The van der Waals surface area contributed by atoms with Gasteiger partial charge in [0.05, 0.1) is 24.4 Å². The third-order valence-corrected chi connectivity index (χ3v) is 4.01. The molecule has 3 N–H and O–H groups in total. The molecule has 0 unspecified atom stereocenters. The van der Waals surface area contributed by atoms with E-state index in [1.54, 1.807) is 41.1 Å². The van der Waals surface area contributed by atoms with Crippen molar-refractivity contribution in [2.24, 2.45) is 0 Å². The zero-order valence-corrected chi connectivity index (χ0v) is 14.1. The van der Waals surface area contributed by atoms with E-state index in [1.807, 2.05) is 0 Å². The number of fused-ring (bicyclic) bond motifs is 1. The van der Waals surface area contributed by atoms with E-state index in [9.17, 15) is 9.90 Å². The van der Waals surface area contributed by atoms with Gasteiger partial charge in [0.25, 0.3) is 0 Å². The average Bonchev–Trinajstić information content (AvgIpc) is 3.04. The van der Waals surface area contributed by atoms with Crippen LogP contribution in [0, 0.1) is 0 Å². The van der Waals surface area contributed by atoms with E-state index in [4.69, 9.17) is 21.4 Å². The molecule has 7 nitrogen and oxygen atoms in total. The Labute approximate surface area is 148 Å². The number of aromatic nitrogens is 2. The average molecular weight is 362 g/mol. The van der Waals surface area contributed by atoms with Crippen molar-refractivity contribution >= 4 is 28.8 Å². The maximum atomic E-state index is 11.3. The summed E-state index contributed by atoms with van der Waals surface area (Å²) >= 11 is 6.19. The lowest BCUT2D eigenvalue weighted by molar-refractivity contribution is -0.118. The van der Waals surface area contributed by atoms with Crippen molar-refractivity contribution in [2.75, 3.05) is 19.0 Å². The van der Waals surface area contributed by atoms with Crippen LogP contribution in [0.4, 0.5) is 5.69 Å². The fourth-order valence-electron chi connectivity index (χ4n) is 2.51. The Kier molecular flexibility index (Phi) is 4.89. The summed E-state index contributed by atoms with van der Waals surface area (Å²) in [5, 5.41) is 21.4. The summed E-state index contributed by atoms with van der Waals surface area (Å²) in [5.41, 5.74) is 3.08. The van der Waals surface area contributed by atoms with Gasteiger partial charge in [0, 0.05) is 29.7 Å². The Morgan fingerprint density at radius 3 is 2.84 bits per heavy atom. The van der Waals surface area contributed by atoms with Gasteiger partial charge >= 0.3 is 0 Å². The monoisotopic (exact) mass is 361 g/mol. The Hall–Kier alpha value is -2.61. The lowest BCUT2D eigenvalue weighted by Gasteiger charge is -2.09. The van der Waals surface area contributed by atoms with E-state index in [1.165, 1.54) is 7.11 Å². The molecule has 0 atom stereocenters. The number of hydrogen-bond acceptors (Lipinski definition) is 5. The number of nitrogens with one attached hydrogen (secondary N) is 1. The van der Waals surface area contributed by atoms with Crippen molar-refractivity contribution in [2.45, 2.75) is 6.61 Å². The summed E-state index contributed by atoms with van der Waals surface area (Å²) in [4.78, 5) is 15.8. The molecule has 0 aliphatic heterocycles. The Morgan fingerprint density at radius 2 is 2.16 bits per heavy atom. The quantitative estimate of drug-likeness (QED) is 0.646. The van der Waals surface area contributed by atoms with Crippen LogP contribution >= 0.6 is 11.6 Å². The fourth-order valence-corrected chi connectivity index (χ4v) is 2.75. The van der Waals surface area contributed by atoms with Crippen LogP contribution in [0.1, 0.15) is 5.56 Å². The van der Waals surface area contributed by atoms with Gasteiger partial charge in [-0.05, 0) is 23.8 Å². The number of nitrogens with zero attached hydrogens (tertiary/aromatic N) is 2. The predicted octanol–water partition coefficient (Wildman–Crippen LogP) is 2.09. The second-order valence-corrected chi connectivity index (χ2v) is 5.72. The molecule has 0 radical (unpaired) electrons. The molecule has 2 aromatic heterocycles. The number of carbonyl (C=O) groups excluding carboxylic acids is 1. The number of hydrogen-bond donors (Lipinski definition) is 3. The van der Waals surface area contributed by atoms with Crippen LogP contribution in [0.25, 0.3) is 16.9 Å². The minimum Gasteiger partial charge on any atom is -0.495 e. The van der Waals surface area contributed by atoms with Crippen molar-refractivity contribution in [3.63, 3.8) is 0 Å². The number of aliphatic hydroxyl groups is 2. The molecule has 2 heterocycles. The number of carbonyl (C=O) groups is 1. The SMILES string of the molecule is COc1cc(CO)c(-c2cn3ccc(NC(=O)CO)cc3n2)cc1Cl. The summed E-state index contributed by atoms with van der Waals surface area (Å²) in [5.74, 6) is -0.0205. The topological polar surface area (TPSA) is 96.1 Å². The first-order chi connectivity index (χ1) is 12.0. The number of halogens is 1. The molecule has 130 valence electrons. The molecule has 3 rings (SSSR count). The number of imidazole rings is 1. The van der Waals surface area contributed by atoms with E-state index >= 15 is 0 Å². The molecular formula is C17H16ClN3O4. The van der Waals surface area contributed by atoms with Crippen LogP contribution < -0.4 is 10.1 Å². The largest absolute Gasteiger partial charge is 0.495 e. The van der Waals surface area contributed by atoms with Gasteiger partial charge in [-0.1, -0.05) is 11.6 Å². The third kappa shape index (κ3) is 3.43. The van der Waals surface area contributed by atoms with Crippen LogP contribution in [-0.2, 0) is 11.4 Å². The molecule has 3 aromatic rings. The van der Waals surface area contributed by atoms with E-state index in [2.05, 4.69) is 10.3 Å². The van der Waals surface area contributed by atoms with Gasteiger partial charge in [-0.3, -0.25) is 4.79 Å². The number of ether oxygens (including phenoxy) is 1. The maximum Gasteiger partial charge on any atom is 0.250 e. The van der Waals surface area contributed by atoms with Crippen molar-refractivity contribution < 1.29 is 19.7 Å². The molecule has 1 aromatic carbocycles. The van der Waals surface area contributed by atoms with Crippen LogP contribution in [0.3, 0.4) is 0 Å². The van der Waals surface area contributed by atoms with Crippen LogP contribution in [-0.4, -0.2) is 39.2 Å². The van der Waals surface area contributed by atoms with Gasteiger partial charge in [0.15, 0.2) is 0 Å². The first-order valence-corrected chi connectivity index (χ1v) is 7.80. The van der Waals surface area contributed by atoms with Crippen molar-refractivity contribution in [1.82, 2.24) is 9.38 Å². The van der Waals surface area contributed by atoms with Crippen LogP contribution in [0.2, 0.25) is 5.02 Å². The Bertz CT molecular complexity index is 939. The van der Waals surface area contributed by atoms with Gasteiger partial charge in [0.2, 0.25) is 5.91 Å². The smallest absolute Gasteiger partial charge is 0.250 e. The first kappa shape index (κ1) is 17.2. The van der Waals surface area contributed by atoms with Gasteiger partial charge in [0.1, 0.15) is 18.0 Å². The van der Waals surface area contributed by atoms with Crippen molar-refractivity contribution in [3.8, 4) is 17.0 Å². The second kappa shape index (κ2) is 7.10. The number of amides is 1. The summed E-state index contributed by atoms with van der Waals surface area (Å²) < 4.78 is 6.95. The minimum atomic E-state index is -0.588. The zero-order chi connectivity index (χ0) is 18.0. The second-order valence-electron chi connectivity index (χ2n) is 5.32. The molecular weight excluding hydrogens is 346 g/mol. The number of pyridine rings is 1. The fraction of sp³-hybridized carbons (Fsp3) is 0.176. The maximum absolute atomic E-state index is 11.3. The molecule has 8 heteroatoms. The Balaban J connectivity index is 2.04. The number of rotatable bonds is 5. The number of benzene rings is 1. The molecule has 0 bridgehead atoms. The van der Waals surface area contributed by atoms with E-state index in [0.717, 1.165) is 0 Å². The summed E-state index contributed by atoms with van der Waals surface area (Å²) in [6, 6.07) is 6.75. The standard InChI is InChI=1S/C17H16ClN3O4/c1-25-15-4-10(8-22)12(6-13(15)18)14-7-21-3-2-11(5-16(21)20-14)19-17(24)9-23/h2-7,22-23H,8-9H2,1H3,(H,19,24). The molecule has 0 saturated heterocycles. The van der Waals surface area contributed by atoms with Crippen molar-refractivity contribution in [1.29, 1.82) is 0 Å². The summed E-state index contributed by atoms with van der Waals surface area (Å²) in [6.07, 6.45) is 3.53. The highest BCUT2D eigenvalue weighted by molar-refractivity contribution is 6.32. The van der Waals surface area contributed by atoms with Gasteiger partial charge in [-0.2, -0.15) is 0 Å². The molecule has 1 amide bonds. The lowest BCUT2D eigenvalue weighted by atomic mass is 10.1. The number of methoxy groups -OCH3 is 1. The van der Waals surface area contributed by atoms with E-state index < -0.39 is 12.5 Å². The molecule has 0 aliphatic rings. The summed E-state index contributed by atoms with van der Waals surface area (Å²) in [6.45, 7) is -0.774. The zero-order valence-electron chi connectivity index (χ0n) is 13.4. The molecule has 0 aliphatic carbocycles. The first-order valence-electron chi connectivity index (χ1n) is 7.42. The third-order valence-electron chi connectivity index (χ3n) is 3.71. The molecule has 0 fully saturated rings. The minimum absolute atomic E-state index is 0.186. The van der Waals surface area contributed by atoms with Crippen LogP contribution in [0.15, 0.2) is 36.7 Å². The highest BCUT2D eigenvalue weighted by atomic mass is 35.5. The van der Waals surface area contributed by atoms with Crippen LogP contribution in [0.5, 0.6) is 5.75 Å². The van der Waals surface area contributed by atoms with Crippen molar-refractivity contribution in [3.05, 3.63) is 47.2 Å². The molecule has 0 spiro atoms. The molecule has 0 saturated carbocycles. The number of aliphatic hydroxyl groups excluding tert-OH is 2. The predicted molar refractivity (Wildman–Crippen MR) is 93.8 cm³/mol. The van der Waals surface area contributed by atoms with Gasteiger partial charge in [-0.15, -0.1) is 0 Å². The lowest BCUT2D eigenvalue weighted by Crippen LogP contribution is -2.15. The highest BCUT2D eigenvalue weighted by Crippen LogP contribution is 2.33. The highest BCUT2D eigenvalue weighted by Gasteiger charge is 2.14. The van der Waals surface area contributed by atoms with E-state index in [-0.39, 0.29) is 6.61 Å². The van der Waals surface area contributed by atoms with Gasteiger partial charge < -0.3 is 24.7 Å². The summed E-state index contributed by atoms with van der Waals surface area (Å²) in [7, 11) is 1.51. The van der Waals surface area contributed by atoms with E-state index in [0.29, 0.717) is 38.9 Å². The Morgan fingerprint density at radius 1 is 1.36 bits per heavy atom. The number of anilines is 1. The molecule has 25 heavy (non-hydrogen) atoms. The van der Waals surface area contributed by atoms with Gasteiger partial charge in [-0.25, -0.2) is 4.98 Å².